The molecule has 0 bridgehead atoms. The number of nitrogens with zero attached hydrogens (tertiary/aromatic N) is 1. The van der Waals surface area contributed by atoms with E-state index in [9.17, 15) is 18.8 Å². The van der Waals surface area contributed by atoms with E-state index in [1.807, 2.05) is 0 Å². The van der Waals surface area contributed by atoms with Crippen LogP contribution >= 0.6 is 11.6 Å². The summed E-state index contributed by atoms with van der Waals surface area (Å²) in [6.07, 6.45) is 0. The molecule has 0 aliphatic rings. The highest BCUT2D eigenvalue weighted by atomic mass is 35.5. The van der Waals surface area contributed by atoms with Gasteiger partial charge in [0.25, 0.3) is 0 Å². The number of nitrogens with one attached hydrogen (secondary N) is 2. The normalized spacial score (nSPS) is 10.8. The maximum atomic E-state index is 13.3. The number of fused-ring (bicyclic) bond motifs is 1. The Labute approximate surface area is 145 Å². The number of aromatic amines is 1. The smallest absolute Gasteiger partial charge is 0.317 e. The number of hydrogen-bond acceptors (Lipinski definition) is 3. The molecule has 6 nitrogen and oxygen atoms in total. The zero-order valence-electron chi connectivity index (χ0n) is 12.9. The Morgan fingerprint density at radius 3 is 2.60 bits per heavy atom. The van der Waals surface area contributed by atoms with Crippen molar-refractivity contribution in [3.63, 3.8) is 0 Å². The molecule has 0 aliphatic heterocycles. The van der Waals surface area contributed by atoms with Gasteiger partial charge in [0.1, 0.15) is 12.4 Å². The number of H-pyrrole nitrogens is 1. The first-order valence-corrected chi connectivity index (χ1v) is 7.75. The largest absolute Gasteiger partial charge is 0.350 e. The second-order valence-corrected chi connectivity index (χ2v) is 5.85. The molecule has 2 N–H and O–H groups in total. The standard InChI is InChI=1S/C17H13ClFN3O3/c18-11-3-1-10(2-4-11)8-20-15(23)9-22-14-6-5-12(19)7-13(14)21-16(24)17(22)25/h1-7H,8-9H2,(H,20,23)(H,21,24). The highest BCUT2D eigenvalue weighted by Crippen LogP contribution is 2.11. The van der Waals surface area contributed by atoms with Gasteiger partial charge >= 0.3 is 11.1 Å². The monoisotopic (exact) mass is 361 g/mol. The van der Waals surface area contributed by atoms with Gasteiger partial charge in [0, 0.05) is 11.6 Å². The summed E-state index contributed by atoms with van der Waals surface area (Å²) in [5.41, 5.74) is -0.532. The van der Waals surface area contributed by atoms with Gasteiger partial charge in [0.15, 0.2) is 0 Å². The van der Waals surface area contributed by atoms with Crippen LogP contribution in [0.4, 0.5) is 4.39 Å². The van der Waals surface area contributed by atoms with E-state index < -0.39 is 22.8 Å². The van der Waals surface area contributed by atoms with Crippen molar-refractivity contribution in [1.29, 1.82) is 0 Å². The van der Waals surface area contributed by atoms with Gasteiger partial charge in [0.05, 0.1) is 11.0 Å². The van der Waals surface area contributed by atoms with Gasteiger partial charge in [-0.3, -0.25) is 19.0 Å². The summed E-state index contributed by atoms with van der Waals surface area (Å²) in [7, 11) is 0. The molecule has 3 rings (SSSR count). The lowest BCUT2D eigenvalue weighted by Crippen LogP contribution is -2.40. The first-order chi connectivity index (χ1) is 11.9. The minimum Gasteiger partial charge on any atom is -0.350 e. The Morgan fingerprint density at radius 1 is 1.16 bits per heavy atom. The Hall–Kier alpha value is -2.93. The first kappa shape index (κ1) is 16.9. The second kappa shape index (κ2) is 6.90. The summed E-state index contributed by atoms with van der Waals surface area (Å²) in [4.78, 5) is 38.2. The summed E-state index contributed by atoms with van der Waals surface area (Å²) in [5.74, 6) is -1.01. The Morgan fingerprint density at radius 2 is 1.88 bits per heavy atom. The summed E-state index contributed by atoms with van der Waals surface area (Å²) < 4.78 is 14.3. The molecule has 0 saturated heterocycles. The second-order valence-electron chi connectivity index (χ2n) is 5.41. The van der Waals surface area contributed by atoms with Gasteiger partial charge in [-0.25, -0.2) is 4.39 Å². The molecule has 1 amide bonds. The van der Waals surface area contributed by atoms with Gasteiger partial charge in [-0.05, 0) is 35.9 Å². The van der Waals surface area contributed by atoms with Crippen molar-refractivity contribution in [3.05, 3.63) is 79.6 Å². The van der Waals surface area contributed by atoms with Crippen LogP contribution in [0.25, 0.3) is 11.0 Å². The van der Waals surface area contributed by atoms with Crippen LogP contribution in [0.1, 0.15) is 5.56 Å². The Kier molecular flexibility index (Phi) is 4.67. The van der Waals surface area contributed by atoms with E-state index in [0.717, 1.165) is 22.3 Å². The van der Waals surface area contributed by atoms with Crippen LogP contribution in [0.15, 0.2) is 52.1 Å². The summed E-state index contributed by atoms with van der Waals surface area (Å²) in [5, 5.41) is 3.25. The van der Waals surface area contributed by atoms with Crippen LogP contribution in [0.2, 0.25) is 5.02 Å². The average molecular weight is 362 g/mol. The number of carbonyl (C=O) groups excluding carboxylic acids is 1. The van der Waals surface area contributed by atoms with Gasteiger partial charge in [0.2, 0.25) is 5.91 Å². The maximum absolute atomic E-state index is 13.3. The van der Waals surface area contributed by atoms with Crippen LogP contribution in [0.5, 0.6) is 0 Å². The molecule has 3 aromatic rings. The average Bonchev–Trinajstić information content (AvgIpc) is 2.58. The van der Waals surface area contributed by atoms with Crippen LogP contribution in [-0.2, 0) is 17.9 Å². The minimum atomic E-state index is -0.913. The molecule has 8 heteroatoms. The molecule has 0 unspecified atom stereocenters. The molecule has 0 aliphatic carbocycles. The third-order valence-electron chi connectivity index (χ3n) is 3.64. The molecule has 128 valence electrons. The van der Waals surface area contributed by atoms with E-state index >= 15 is 0 Å². The van der Waals surface area contributed by atoms with E-state index in [4.69, 9.17) is 11.6 Å². The molecule has 0 saturated carbocycles. The number of hydrogen-bond donors (Lipinski definition) is 2. The van der Waals surface area contributed by atoms with Crippen LogP contribution in [0, 0.1) is 5.82 Å². The fraction of sp³-hybridized carbons (Fsp3) is 0.118. The number of halogens is 2. The number of carbonyl (C=O) groups is 1. The third-order valence-corrected chi connectivity index (χ3v) is 3.89. The molecule has 0 radical (unpaired) electrons. The first-order valence-electron chi connectivity index (χ1n) is 7.37. The van der Waals surface area contributed by atoms with Crippen molar-refractivity contribution >= 4 is 28.5 Å². The van der Waals surface area contributed by atoms with Crippen molar-refractivity contribution in [1.82, 2.24) is 14.9 Å². The van der Waals surface area contributed by atoms with Gasteiger partial charge in [-0.1, -0.05) is 23.7 Å². The van der Waals surface area contributed by atoms with E-state index in [1.54, 1.807) is 24.3 Å². The van der Waals surface area contributed by atoms with Crippen LogP contribution in [0.3, 0.4) is 0 Å². The van der Waals surface area contributed by atoms with Crippen molar-refractivity contribution in [2.45, 2.75) is 13.1 Å². The number of aromatic nitrogens is 2. The van der Waals surface area contributed by atoms with Crippen molar-refractivity contribution in [3.8, 4) is 0 Å². The molecule has 0 atom stereocenters. The Balaban J connectivity index is 1.83. The van der Waals surface area contributed by atoms with Gasteiger partial charge < -0.3 is 10.3 Å². The summed E-state index contributed by atoms with van der Waals surface area (Å²) in [6.45, 7) is -0.0982. The quantitative estimate of drug-likeness (QED) is 0.695. The SMILES string of the molecule is O=C(Cn1c(=O)c(=O)[nH]c2cc(F)ccc21)NCc1ccc(Cl)cc1. The van der Waals surface area contributed by atoms with Crippen LogP contribution in [-0.4, -0.2) is 15.5 Å². The van der Waals surface area contributed by atoms with Gasteiger partial charge in [-0.2, -0.15) is 0 Å². The zero-order valence-corrected chi connectivity index (χ0v) is 13.6. The van der Waals surface area contributed by atoms with E-state index in [2.05, 4.69) is 10.3 Å². The molecule has 0 spiro atoms. The molecular formula is C17H13ClFN3O3. The minimum absolute atomic E-state index is 0.148. The molecule has 1 aromatic heterocycles. The van der Waals surface area contributed by atoms with Crippen molar-refractivity contribution in [2.24, 2.45) is 0 Å². The molecule has 25 heavy (non-hydrogen) atoms. The zero-order chi connectivity index (χ0) is 18.0. The van der Waals surface area contributed by atoms with Crippen LogP contribution < -0.4 is 16.4 Å². The fourth-order valence-electron chi connectivity index (χ4n) is 2.41. The number of amides is 1. The van der Waals surface area contributed by atoms with Crippen molar-refractivity contribution < 1.29 is 9.18 Å². The van der Waals surface area contributed by atoms with Crippen molar-refractivity contribution in [2.75, 3.05) is 0 Å². The molecular weight excluding hydrogens is 349 g/mol. The number of benzene rings is 2. The highest BCUT2D eigenvalue weighted by Gasteiger charge is 2.12. The maximum Gasteiger partial charge on any atom is 0.317 e. The van der Waals surface area contributed by atoms with Gasteiger partial charge in [-0.15, -0.1) is 0 Å². The number of rotatable bonds is 4. The molecule has 0 fully saturated rings. The predicted octanol–water partition coefficient (Wildman–Crippen LogP) is 1.80. The summed E-state index contributed by atoms with van der Waals surface area (Å²) in [6, 6.07) is 10.5. The lowest BCUT2D eigenvalue weighted by Gasteiger charge is -2.10. The third kappa shape index (κ3) is 3.77. The fourth-order valence-corrected chi connectivity index (χ4v) is 2.54. The van der Waals surface area contributed by atoms with E-state index in [0.29, 0.717) is 5.02 Å². The summed E-state index contributed by atoms with van der Waals surface area (Å²) >= 11 is 5.80. The van der Waals surface area contributed by atoms with E-state index in [-0.39, 0.29) is 24.1 Å². The highest BCUT2D eigenvalue weighted by molar-refractivity contribution is 6.30. The lowest BCUT2D eigenvalue weighted by molar-refractivity contribution is -0.121. The van der Waals surface area contributed by atoms with E-state index in [1.165, 1.54) is 6.07 Å². The predicted molar refractivity (Wildman–Crippen MR) is 92.1 cm³/mol. The topological polar surface area (TPSA) is 84.0 Å². The molecule has 2 aromatic carbocycles. The molecule has 1 heterocycles. The lowest BCUT2D eigenvalue weighted by atomic mass is 10.2. The Bertz CT molecular complexity index is 1060.